The van der Waals surface area contributed by atoms with E-state index in [1.807, 2.05) is 6.92 Å². The molecule has 6 heteroatoms. The smallest absolute Gasteiger partial charge is 0.303 e. The summed E-state index contributed by atoms with van der Waals surface area (Å²) in [6.45, 7) is 7.29. The minimum absolute atomic E-state index is 0.195. The molecule has 0 heterocycles. The summed E-state index contributed by atoms with van der Waals surface area (Å²) < 4.78 is 21.6. The molecule has 2 atom stereocenters. The van der Waals surface area contributed by atoms with Gasteiger partial charge < -0.3 is 9.69 Å². The summed E-state index contributed by atoms with van der Waals surface area (Å²) in [6, 6.07) is 0. The van der Waals surface area contributed by atoms with Crippen molar-refractivity contribution < 1.29 is 23.3 Å². The zero-order valence-corrected chi connectivity index (χ0v) is 13.3. The molecule has 0 radical (unpaired) electrons. The van der Waals surface area contributed by atoms with Crippen molar-refractivity contribution in [2.45, 2.75) is 65.4 Å². The molecule has 0 amide bonds. The summed E-state index contributed by atoms with van der Waals surface area (Å²) in [7, 11) is -3.96. The molecule has 0 saturated carbocycles. The van der Waals surface area contributed by atoms with Gasteiger partial charge in [-0.05, 0) is 39.5 Å². The third-order valence-electron chi connectivity index (χ3n) is 2.43. The van der Waals surface area contributed by atoms with Crippen molar-refractivity contribution in [1.82, 2.24) is 0 Å². The van der Waals surface area contributed by atoms with Gasteiger partial charge in [-0.1, -0.05) is 19.8 Å². The molecular formula is C13H27O5P. The predicted octanol–water partition coefficient (Wildman–Crippen LogP) is 3.70. The topological polar surface area (TPSA) is 72.8 Å². The van der Waals surface area contributed by atoms with E-state index in [4.69, 9.17) is 9.05 Å². The Kier molecular flexibility index (Phi) is 8.75. The van der Waals surface area contributed by atoms with Gasteiger partial charge in [0.05, 0.1) is 12.2 Å². The summed E-state index contributed by atoms with van der Waals surface area (Å²) in [5.41, 5.74) is -0.706. The third-order valence-corrected chi connectivity index (χ3v) is 3.68. The van der Waals surface area contributed by atoms with Gasteiger partial charge in [0.15, 0.2) is 0 Å². The number of carbonyl (C=O) groups excluding carboxylic acids is 1. The van der Waals surface area contributed by atoms with Crippen LogP contribution >= 0.6 is 7.82 Å². The van der Waals surface area contributed by atoms with E-state index in [1.54, 1.807) is 20.8 Å². The minimum Gasteiger partial charge on any atom is -0.303 e. The van der Waals surface area contributed by atoms with Crippen molar-refractivity contribution in [3.63, 3.8) is 0 Å². The second-order valence-electron chi connectivity index (χ2n) is 5.88. The van der Waals surface area contributed by atoms with Gasteiger partial charge in [0.2, 0.25) is 0 Å². The number of phosphoric acid groups is 1. The van der Waals surface area contributed by atoms with Gasteiger partial charge in [-0.3, -0.25) is 9.05 Å². The molecule has 2 unspecified atom stereocenters. The number of rotatable bonds is 10. The highest BCUT2D eigenvalue weighted by Crippen LogP contribution is 2.47. The second kappa shape index (κ2) is 8.85. The Hall–Kier alpha value is -0.220. The molecule has 0 fully saturated rings. The van der Waals surface area contributed by atoms with Gasteiger partial charge in [0, 0.05) is 6.42 Å². The van der Waals surface area contributed by atoms with Crippen LogP contribution in [0.25, 0.3) is 0 Å². The molecule has 0 aromatic carbocycles. The van der Waals surface area contributed by atoms with E-state index >= 15 is 0 Å². The van der Waals surface area contributed by atoms with Crippen LogP contribution in [0.4, 0.5) is 0 Å². The minimum atomic E-state index is -3.96. The summed E-state index contributed by atoms with van der Waals surface area (Å²) >= 11 is 0. The highest BCUT2D eigenvalue weighted by Gasteiger charge is 2.29. The quantitative estimate of drug-likeness (QED) is 0.378. The molecule has 1 N–H and O–H groups in total. The fourth-order valence-electron chi connectivity index (χ4n) is 1.57. The SMILES string of the molecule is CC(CCCCCC=O)COP(=O)(O)OC(C)(C)C. The van der Waals surface area contributed by atoms with Crippen molar-refractivity contribution in [2.75, 3.05) is 6.61 Å². The van der Waals surface area contributed by atoms with E-state index in [9.17, 15) is 14.3 Å². The van der Waals surface area contributed by atoms with Crippen molar-refractivity contribution >= 4 is 14.1 Å². The molecule has 5 nitrogen and oxygen atoms in total. The predicted molar refractivity (Wildman–Crippen MR) is 74.9 cm³/mol. The first-order chi connectivity index (χ1) is 8.66. The number of unbranched alkanes of at least 4 members (excludes halogenated alkanes) is 3. The van der Waals surface area contributed by atoms with Crippen molar-refractivity contribution in [3.8, 4) is 0 Å². The van der Waals surface area contributed by atoms with Crippen LogP contribution in [0.2, 0.25) is 0 Å². The van der Waals surface area contributed by atoms with E-state index in [2.05, 4.69) is 0 Å². The summed E-state index contributed by atoms with van der Waals surface area (Å²) in [5, 5.41) is 0. The van der Waals surface area contributed by atoms with Crippen LogP contribution in [0.3, 0.4) is 0 Å². The maximum Gasteiger partial charge on any atom is 0.472 e. The average Bonchev–Trinajstić information content (AvgIpc) is 2.23. The van der Waals surface area contributed by atoms with Crippen molar-refractivity contribution in [1.29, 1.82) is 0 Å². The molecule has 0 bridgehead atoms. The fraction of sp³-hybridized carbons (Fsp3) is 0.923. The van der Waals surface area contributed by atoms with Crippen LogP contribution < -0.4 is 0 Å². The normalized spacial score (nSPS) is 16.9. The van der Waals surface area contributed by atoms with E-state index in [0.717, 1.165) is 32.0 Å². The van der Waals surface area contributed by atoms with Crippen molar-refractivity contribution in [3.05, 3.63) is 0 Å². The average molecular weight is 294 g/mol. The van der Waals surface area contributed by atoms with E-state index in [0.29, 0.717) is 6.42 Å². The van der Waals surface area contributed by atoms with Gasteiger partial charge in [-0.2, -0.15) is 0 Å². The molecule has 0 saturated heterocycles. The maximum absolute atomic E-state index is 11.6. The summed E-state index contributed by atoms with van der Waals surface area (Å²) in [6.07, 6.45) is 5.35. The maximum atomic E-state index is 11.6. The Bertz CT molecular complexity index is 298. The monoisotopic (exact) mass is 294 g/mol. The molecule has 19 heavy (non-hydrogen) atoms. The molecule has 0 aromatic heterocycles. The number of hydrogen-bond donors (Lipinski definition) is 1. The first-order valence-corrected chi connectivity index (χ1v) is 8.27. The van der Waals surface area contributed by atoms with Crippen LogP contribution in [-0.4, -0.2) is 23.4 Å². The standard InChI is InChI=1S/C13H27O5P/c1-12(9-7-5-6-8-10-14)11-17-19(15,16)18-13(2,3)4/h10,12H,5-9,11H2,1-4H3,(H,15,16). The van der Waals surface area contributed by atoms with Gasteiger partial charge in [0.25, 0.3) is 0 Å². The molecular weight excluding hydrogens is 267 g/mol. The molecule has 114 valence electrons. The Morgan fingerprint density at radius 3 is 2.42 bits per heavy atom. The second-order valence-corrected chi connectivity index (χ2v) is 7.26. The highest BCUT2D eigenvalue weighted by molar-refractivity contribution is 7.47. The zero-order valence-electron chi connectivity index (χ0n) is 12.4. The molecule has 0 aliphatic heterocycles. The van der Waals surface area contributed by atoms with Crippen LogP contribution in [0.5, 0.6) is 0 Å². The van der Waals surface area contributed by atoms with Gasteiger partial charge >= 0.3 is 7.82 Å². The third kappa shape index (κ3) is 12.6. The zero-order chi connectivity index (χ0) is 14.9. The molecule has 0 aliphatic rings. The Morgan fingerprint density at radius 1 is 1.26 bits per heavy atom. The van der Waals surface area contributed by atoms with E-state index < -0.39 is 13.4 Å². The lowest BCUT2D eigenvalue weighted by Crippen LogP contribution is -2.19. The van der Waals surface area contributed by atoms with Crippen LogP contribution in [0.1, 0.15) is 59.8 Å². The molecule has 0 aromatic rings. The van der Waals surface area contributed by atoms with Gasteiger partial charge in [-0.25, -0.2) is 4.57 Å². The number of aldehydes is 1. The Labute approximate surface area is 116 Å². The van der Waals surface area contributed by atoms with Gasteiger partial charge in [-0.15, -0.1) is 0 Å². The van der Waals surface area contributed by atoms with E-state index in [-0.39, 0.29) is 12.5 Å². The number of carbonyl (C=O) groups is 1. The van der Waals surface area contributed by atoms with Gasteiger partial charge in [0.1, 0.15) is 6.29 Å². The summed E-state index contributed by atoms with van der Waals surface area (Å²) in [4.78, 5) is 19.6. The van der Waals surface area contributed by atoms with E-state index in [1.165, 1.54) is 0 Å². The number of hydrogen-bond acceptors (Lipinski definition) is 4. The lowest BCUT2D eigenvalue weighted by Gasteiger charge is -2.23. The summed E-state index contributed by atoms with van der Waals surface area (Å²) in [5.74, 6) is 0.195. The first kappa shape index (κ1) is 18.8. The van der Waals surface area contributed by atoms with Crippen LogP contribution in [0.15, 0.2) is 0 Å². The largest absolute Gasteiger partial charge is 0.472 e. The van der Waals surface area contributed by atoms with Crippen LogP contribution in [0, 0.1) is 5.92 Å². The fourth-order valence-corrected chi connectivity index (χ4v) is 2.76. The number of phosphoric ester groups is 1. The Morgan fingerprint density at radius 2 is 1.89 bits per heavy atom. The molecule has 0 aliphatic carbocycles. The lowest BCUT2D eigenvalue weighted by atomic mass is 10.0. The molecule has 0 spiro atoms. The Balaban J connectivity index is 3.79. The molecule has 0 rings (SSSR count). The highest BCUT2D eigenvalue weighted by atomic mass is 31.2. The van der Waals surface area contributed by atoms with Crippen molar-refractivity contribution in [2.24, 2.45) is 5.92 Å². The van der Waals surface area contributed by atoms with Crippen LogP contribution in [-0.2, 0) is 18.4 Å². The first-order valence-electron chi connectivity index (χ1n) is 6.78. The lowest BCUT2D eigenvalue weighted by molar-refractivity contribution is -0.107.